The Morgan fingerprint density at radius 3 is 2.88 bits per heavy atom. The van der Waals surface area contributed by atoms with Crippen LogP contribution in [0.4, 0.5) is 5.13 Å². The molecule has 1 saturated heterocycles. The molecule has 1 N–H and O–H groups in total. The van der Waals surface area contributed by atoms with E-state index >= 15 is 0 Å². The minimum atomic E-state index is -0.255. The second-order valence-electron chi connectivity index (χ2n) is 6.65. The third kappa shape index (κ3) is 3.00. The first kappa shape index (κ1) is 15.5. The molecule has 2 aliphatic rings. The molecule has 2 aromatic heterocycles. The van der Waals surface area contributed by atoms with Crippen molar-refractivity contribution < 1.29 is 9.32 Å². The van der Waals surface area contributed by atoms with Crippen LogP contribution in [-0.2, 0) is 0 Å². The van der Waals surface area contributed by atoms with Gasteiger partial charge in [-0.25, -0.2) is 4.98 Å². The van der Waals surface area contributed by atoms with Crippen molar-refractivity contribution in [1.29, 1.82) is 0 Å². The van der Waals surface area contributed by atoms with Crippen molar-refractivity contribution in [2.75, 3.05) is 11.4 Å². The molecule has 0 bridgehead atoms. The zero-order valence-corrected chi connectivity index (χ0v) is 14.5. The van der Waals surface area contributed by atoms with Crippen LogP contribution in [-0.4, -0.2) is 38.0 Å². The van der Waals surface area contributed by atoms with Gasteiger partial charge >= 0.3 is 0 Å². The lowest BCUT2D eigenvalue weighted by molar-refractivity contribution is 0.0937. The van der Waals surface area contributed by atoms with E-state index in [9.17, 15) is 4.79 Å². The van der Waals surface area contributed by atoms with Crippen molar-refractivity contribution in [3.05, 3.63) is 17.5 Å². The zero-order chi connectivity index (χ0) is 16.7. The number of anilines is 1. The van der Waals surface area contributed by atoms with Gasteiger partial charge in [-0.05, 0) is 25.7 Å². The lowest BCUT2D eigenvalue weighted by Crippen LogP contribution is -2.27. The second kappa shape index (κ2) is 6.12. The molecule has 2 fully saturated rings. The summed E-state index contributed by atoms with van der Waals surface area (Å²) in [6.07, 6.45) is 3.99. The number of aromatic nitrogens is 4. The van der Waals surface area contributed by atoms with Gasteiger partial charge in [0.1, 0.15) is 11.9 Å². The first-order valence-corrected chi connectivity index (χ1v) is 9.14. The van der Waals surface area contributed by atoms with Gasteiger partial charge < -0.3 is 14.7 Å². The van der Waals surface area contributed by atoms with E-state index in [0.29, 0.717) is 11.8 Å². The van der Waals surface area contributed by atoms with Crippen LogP contribution in [0, 0.1) is 0 Å². The Labute approximate surface area is 143 Å². The Morgan fingerprint density at radius 1 is 1.33 bits per heavy atom. The van der Waals surface area contributed by atoms with Gasteiger partial charge in [-0.1, -0.05) is 19.0 Å². The summed E-state index contributed by atoms with van der Waals surface area (Å²) < 4.78 is 9.79. The summed E-state index contributed by atoms with van der Waals surface area (Å²) >= 11 is 1.40. The van der Waals surface area contributed by atoms with Gasteiger partial charge in [0.25, 0.3) is 11.7 Å². The van der Waals surface area contributed by atoms with Crippen molar-refractivity contribution in [3.8, 4) is 0 Å². The highest BCUT2D eigenvalue weighted by atomic mass is 32.1. The summed E-state index contributed by atoms with van der Waals surface area (Å²) in [5.74, 6) is 1.50. The second-order valence-corrected chi connectivity index (χ2v) is 7.38. The summed E-state index contributed by atoms with van der Waals surface area (Å²) in [6, 6.07) is 0.242. The Hall–Kier alpha value is -2.03. The molecule has 1 saturated carbocycles. The van der Waals surface area contributed by atoms with Gasteiger partial charge in [0.05, 0.1) is 0 Å². The molecule has 128 valence electrons. The molecule has 1 aliphatic carbocycles. The smallest absolute Gasteiger partial charge is 0.292 e. The van der Waals surface area contributed by atoms with E-state index in [1.54, 1.807) is 0 Å². The van der Waals surface area contributed by atoms with Gasteiger partial charge in [0, 0.05) is 30.0 Å². The van der Waals surface area contributed by atoms with E-state index in [1.165, 1.54) is 11.5 Å². The number of hydrogen-bond donors (Lipinski definition) is 1. The first-order chi connectivity index (χ1) is 11.6. The maximum absolute atomic E-state index is 12.0. The maximum atomic E-state index is 12.0. The number of carbonyl (C=O) groups is 1. The van der Waals surface area contributed by atoms with Crippen LogP contribution >= 0.6 is 11.5 Å². The Kier molecular flexibility index (Phi) is 3.95. The molecule has 0 aromatic carbocycles. The van der Waals surface area contributed by atoms with Gasteiger partial charge in [-0.2, -0.15) is 9.36 Å². The molecule has 0 radical (unpaired) electrons. The summed E-state index contributed by atoms with van der Waals surface area (Å²) in [6.45, 7) is 5.04. The fraction of sp³-hybridized carbons (Fsp3) is 0.667. The number of nitrogens with zero attached hydrogens (tertiary/aromatic N) is 5. The number of amides is 1. The Balaban J connectivity index is 1.51. The zero-order valence-electron chi connectivity index (χ0n) is 13.7. The topological polar surface area (TPSA) is 97.0 Å². The molecular weight excluding hydrogens is 328 g/mol. The number of hydrogen-bond acceptors (Lipinski definition) is 8. The summed E-state index contributed by atoms with van der Waals surface area (Å²) in [7, 11) is 0. The molecule has 1 atom stereocenters. The molecule has 4 rings (SSSR count). The molecule has 2 aromatic rings. The monoisotopic (exact) mass is 348 g/mol. The minimum Gasteiger partial charge on any atom is -0.346 e. The van der Waals surface area contributed by atoms with Crippen LogP contribution < -0.4 is 10.2 Å². The molecule has 1 aliphatic heterocycles. The lowest BCUT2D eigenvalue weighted by atomic mass is 10.2. The Morgan fingerprint density at radius 2 is 2.17 bits per heavy atom. The predicted octanol–water partition coefficient (Wildman–Crippen LogP) is 2.28. The van der Waals surface area contributed by atoms with E-state index in [2.05, 4.69) is 43.6 Å². The number of carbonyl (C=O) groups excluding carboxylic acids is 1. The van der Waals surface area contributed by atoms with Gasteiger partial charge in [-0.15, -0.1) is 0 Å². The van der Waals surface area contributed by atoms with Gasteiger partial charge in [-0.3, -0.25) is 4.79 Å². The lowest BCUT2D eigenvalue weighted by Gasteiger charge is -2.19. The van der Waals surface area contributed by atoms with Gasteiger partial charge in [0.15, 0.2) is 0 Å². The highest BCUT2D eigenvalue weighted by Gasteiger charge is 2.34. The van der Waals surface area contributed by atoms with Crippen LogP contribution in [0.2, 0.25) is 0 Å². The highest BCUT2D eigenvalue weighted by molar-refractivity contribution is 7.09. The summed E-state index contributed by atoms with van der Waals surface area (Å²) in [5.41, 5.74) is 0. The minimum absolute atomic E-state index is 0.0343. The third-order valence-corrected chi connectivity index (χ3v) is 5.06. The molecule has 3 heterocycles. The predicted molar refractivity (Wildman–Crippen MR) is 88.1 cm³/mol. The molecule has 24 heavy (non-hydrogen) atoms. The van der Waals surface area contributed by atoms with E-state index < -0.39 is 0 Å². The van der Waals surface area contributed by atoms with Crippen molar-refractivity contribution in [2.45, 2.75) is 57.5 Å². The van der Waals surface area contributed by atoms with Crippen LogP contribution in [0.5, 0.6) is 0 Å². The SMILES string of the molecule is CC(C)c1nsc(N2CCC[C@H]2c2nc(C(=O)NC3CC3)no2)n1. The van der Waals surface area contributed by atoms with Crippen LogP contribution in [0.15, 0.2) is 4.52 Å². The van der Waals surface area contributed by atoms with E-state index in [-0.39, 0.29) is 23.8 Å². The van der Waals surface area contributed by atoms with Crippen molar-refractivity contribution >= 4 is 22.6 Å². The average Bonchev–Trinajstić information content (AvgIpc) is 3.05. The van der Waals surface area contributed by atoms with Crippen LogP contribution in [0.25, 0.3) is 0 Å². The van der Waals surface area contributed by atoms with Crippen molar-refractivity contribution in [3.63, 3.8) is 0 Å². The summed E-state index contributed by atoms with van der Waals surface area (Å²) in [4.78, 5) is 23.1. The molecule has 0 spiro atoms. The molecule has 1 amide bonds. The number of rotatable bonds is 5. The Bertz CT molecular complexity index is 738. The average molecular weight is 348 g/mol. The normalized spacial score (nSPS) is 20.8. The fourth-order valence-corrected chi connectivity index (χ4v) is 3.65. The van der Waals surface area contributed by atoms with E-state index in [4.69, 9.17) is 4.52 Å². The third-order valence-electron chi connectivity index (χ3n) is 4.29. The first-order valence-electron chi connectivity index (χ1n) is 8.36. The van der Waals surface area contributed by atoms with Gasteiger partial charge in [0.2, 0.25) is 11.0 Å². The van der Waals surface area contributed by atoms with Crippen molar-refractivity contribution in [1.82, 2.24) is 24.8 Å². The van der Waals surface area contributed by atoms with E-state index in [0.717, 1.165) is 43.2 Å². The van der Waals surface area contributed by atoms with Crippen LogP contribution in [0.1, 0.15) is 73.8 Å². The standard InChI is InChI=1S/C15H20N6O2S/c1-8(2)11-18-15(24-20-11)21-7-3-4-10(21)14-17-12(19-23-14)13(22)16-9-5-6-9/h8-10H,3-7H2,1-2H3,(H,16,22)/t10-/m0/s1. The van der Waals surface area contributed by atoms with Crippen LogP contribution in [0.3, 0.4) is 0 Å². The summed E-state index contributed by atoms with van der Waals surface area (Å²) in [5, 5.41) is 7.60. The van der Waals surface area contributed by atoms with E-state index in [1.807, 2.05) is 0 Å². The largest absolute Gasteiger partial charge is 0.346 e. The quantitative estimate of drug-likeness (QED) is 0.885. The maximum Gasteiger partial charge on any atom is 0.292 e. The highest BCUT2D eigenvalue weighted by Crippen LogP contribution is 2.36. The molecular formula is C15H20N6O2S. The number of nitrogens with one attached hydrogen (secondary N) is 1. The molecule has 8 nitrogen and oxygen atoms in total. The molecule has 9 heteroatoms. The molecule has 0 unspecified atom stereocenters. The van der Waals surface area contributed by atoms with Crippen molar-refractivity contribution in [2.24, 2.45) is 0 Å². The fourth-order valence-electron chi connectivity index (χ4n) is 2.77.